The number of hydrogen-bond donors (Lipinski definition) is 0. The van der Waals surface area contributed by atoms with Crippen LogP contribution in [0.4, 0.5) is 0 Å². The van der Waals surface area contributed by atoms with E-state index in [9.17, 15) is 9.59 Å². The van der Waals surface area contributed by atoms with E-state index in [2.05, 4.69) is 4.98 Å². The molecule has 0 aliphatic carbocycles. The van der Waals surface area contributed by atoms with Gasteiger partial charge in [0, 0.05) is 20.7 Å². The zero-order valence-corrected chi connectivity index (χ0v) is 16.2. The number of aromatic nitrogens is 1. The monoisotopic (exact) mass is 391 g/mol. The minimum atomic E-state index is -0.565. The number of ether oxygens (including phenoxy) is 1. The second-order valence-electron chi connectivity index (χ2n) is 6.38. The van der Waals surface area contributed by atoms with Crippen molar-refractivity contribution in [3.05, 3.63) is 75.7 Å². The topological polar surface area (TPSA) is 69.4 Å². The highest BCUT2D eigenvalue weighted by Gasteiger charge is 2.19. The lowest BCUT2D eigenvalue weighted by molar-refractivity contribution is 0.0476. The van der Waals surface area contributed by atoms with E-state index in [1.54, 1.807) is 41.9 Å². The molecule has 3 heterocycles. The Morgan fingerprint density at radius 3 is 2.61 bits per heavy atom. The summed E-state index contributed by atoms with van der Waals surface area (Å²) in [5.74, 6) is -0.218. The number of hydrogen-bond acceptors (Lipinski definition) is 6. The number of carbonyl (C=O) groups is 2. The Balaban J connectivity index is 1.63. The third-order valence-electron chi connectivity index (χ3n) is 4.39. The van der Waals surface area contributed by atoms with Gasteiger partial charge < -0.3 is 9.15 Å². The van der Waals surface area contributed by atoms with Gasteiger partial charge in [-0.2, -0.15) is 0 Å². The van der Waals surface area contributed by atoms with Crippen molar-refractivity contribution in [2.24, 2.45) is 0 Å². The number of Topliss-reactive ketones (excluding diaryl/α,β-unsaturated/α-hetero) is 1. The van der Waals surface area contributed by atoms with Crippen LogP contribution in [-0.2, 0) is 4.74 Å². The van der Waals surface area contributed by atoms with Gasteiger partial charge in [0.05, 0.1) is 17.3 Å². The van der Waals surface area contributed by atoms with Crippen molar-refractivity contribution >= 4 is 34.0 Å². The molecule has 0 spiro atoms. The summed E-state index contributed by atoms with van der Waals surface area (Å²) in [5.41, 5.74) is 2.14. The van der Waals surface area contributed by atoms with E-state index in [-0.39, 0.29) is 12.4 Å². The molecule has 0 saturated carbocycles. The molecule has 1 aromatic carbocycles. The Kier molecular flexibility index (Phi) is 4.79. The van der Waals surface area contributed by atoms with Crippen LogP contribution in [0.3, 0.4) is 0 Å². The van der Waals surface area contributed by atoms with Gasteiger partial charge in [0.2, 0.25) is 5.78 Å². The van der Waals surface area contributed by atoms with Gasteiger partial charge in [0.15, 0.2) is 12.4 Å². The smallest absolute Gasteiger partial charge is 0.339 e. The third kappa shape index (κ3) is 3.46. The maximum absolute atomic E-state index is 12.8. The number of ketones is 1. The number of pyridine rings is 1. The predicted molar refractivity (Wildman–Crippen MR) is 108 cm³/mol. The lowest BCUT2D eigenvalue weighted by atomic mass is 10.1. The number of fused-ring (bicyclic) bond motifs is 1. The first kappa shape index (κ1) is 18.1. The van der Waals surface area contributed by atoms with Crippen molar-refractivity contribution in [3.8, 4) is 11.5 Å². The quantitative estimate of drug-likeness (QED) is 0.345. The minimum absolute atomic E-state index is 0.209. The SMILES string of the molecule is Cc1cc(C(=O)COC(=O)c2cc(-c3ccco3)nc3ccccc23)c(C)s1. The molecule has 28 heavy (non-hydrogen) atoms. The largest absolute Gasteiger partial charge is 0.463 e. The van der Waals surface area contributed by atoms with Crippen LogP contribution in [0.25, 0.3) is 22.4 Å². The van der Waals surface area contributed by atoms with Gasteiger partial charge >= 0.3 is 5.97 Å². The van der Waals surface area contributed by atoms with E-state index >= 15 is 0 Å². The van der Waals surface area contributed by atoms with Gasteiger partial charge in [0.1, 0.15) is 5.69 Å². The first-order chi connectivity index (χ1) is 13.5. The maximum Gasteiger partial charge on any atom is 0.339 e. The number of aryl methyl sites for hydroxylation is 2. The van der Waals surface area contributed by atoms with Crippen molar-refractivity contribution in [2.45, 2.75) is 13.8 Å². The van der Waals surface area contributed by atoms with E-state index < -0.39 is 5.97 Å². The summed E-state index contributed by atoms with van der Waals surface area (Å²) < 4.78 is 10.8. The lowest BCUT2D eigenvalue weighted by Crippen LogP contribution is -2.15. The summed E-state index contributed by atoms with van der Waals surface area (Å²) >= 11 is 1.55. The number of thiophene rings is 1. The van der Waals surface area contributed by atoms with E-state index in [4.69, 9.17) is 9.15 Å². The highest BCUT2D eigenvalue weighted by atomic mass is 32.1. The van der Waals surface area contributed by atoms with Crippen LogP contribution in [0.1, 0.15) is 30.5 Å². The maximum atomic E-state index is 12.8. The Bertz CT molecular complexity index is 1170. The number of rotatable bonds is 5. The Morgan fingerprint density at radius 2 is 1.89 bits per heavy atom. The highest BCUT2D eigenvalue weighted by molar-refractivity contribution is 7.12. The Labute approximate surface area is 165 Å². The van der Waals surface area contributed by atoms with Crippen LogP contribution in [0.15, 0.2) is 59.2 Å². The lowest BCUT2D eigenvalue weighted by Gasteiger charge is -2.09. The molecule has 3 aromatic heterocycles. The standard InChI is InChI=1S/C22H17NO4S/c1-13-10-16(14(2)28-13)20(24)12-27-22(25)17-11-19(21-8-5-9-26-21)23-18-7-4-3-6-15(17)18/h3-11H,12H2,1-2H3. The van der Waals surface area contributed by atoms with Crippen molar-refractivity contribution < 1.29 is 18.7 Å². The summed E-state index contributed by atoms with van der Waals surface area (Å²) in [4.78, 5) is 31.7. The fraction of sp³-hybridized carbons (Fsp3) is 0.136. The summed E-state index contributed by atoms with van der Waals surface area (Å²) in [6.07, 6.45) is 1.55. The minimum Gasteiger partial charge on any atom is -0.463 e. The number of carbonyl (C=O) groups excluding carboxylic acids is 2. The molecule has 0 bridgehead atoms. The zero-order valence-electron chi connectivity index (χ0n) is 15.4. The summed E-state index contributed by atoms with van der Waals surface area (Å²) in [7, 11) is 0. The van der Waals surface area contributed by atoms with Crippen LogP contribution in [0.2, 0.25) is 0 Å². The van der Waals surface area contributed by atoms with Gasteiger partial charge in [0.25, 0.3) is 0 Å². The molecule has 0 fully saturated rings. The zero-order chi connectivity index (χ0) is 19.7. The van der Waals surface area contributed by atoms with Gasteiger partial charge in [-0.05, 0) is 44.2 Å². The fourth-order valence-corrected chi connectivity index (χ4v) is 4.03. The summed E-state index contributed by atoms with van der Waals surface area (Å²) in [5, 5.41) is 0.665. The molecule has 0 saturated heterocycles. The van der Waals surface area contributed by atoms with E-state index in [0.717, 1.165) is 9.75 Å². The molecule has 4 aromatic rings. The first-order valence-corrected chi connectivity index (χ1v) is 9.55. The van der Waals surface area contributed by atoms with Crippen molar-refractivity contribution in [1.29, 1.82) is 0 Å². The molecular weight excluding hydrogens is 374 g/mol. The van der Waals surface area contributed by atoms with E-state index in [1.807, 2.05) is 38.1 Å². The molecule has 0 atom stereocenters. The molecule has 5 nitrogen and oxygen atoms in total. The molecule has 6 heteroatoms. The number of para-hydroxylation sites is 1. The van der Waals surface area contributed by atoms with E-state index in [1.165, 1.54) is 0 Å². The molecule has 0 radical (unpaired) electrons. The number of benzene rings is 1. The second kappa shape index (κ2) is 7.40. The highest BCUT2D eigenvalue weighted by Crippen LogP contribution is 2.26. The number of nitrogens with zero attached hydrogens (tertiary/aromatic N) is 1. The average Bonchev–Trinajstić information content (AvgIpc) is 3.34. The molecule has 0 unspecified atom stereocenters. The second-order valence-corrected chi connectivity index (χ2v) is 7.84. The number of furan rings is 1. The first-order valence-electron chi connectivity index (χ1n) is 8.74. The average molecular weight is 391 g/mol. The molecule has 0 aliphatic rings. The van der Waals surface area contributed by atoms with Crippen LogP contribution < -0.4 is 0 Å². The molecule has 4 rings (SSSR count). The molecule has 0 N–H and O–H groups in total. The van der Waals surface area contributed by atoms with Gasteiger partial charge in [-0.25, -0.2) is 9.78 Å². The van der Waals surface area contributed by atoms with Crippen molar-refractivity contribution in [1.82, 2.24) is 4.98 Å². The fourth-order valence-electron chi connectivity index (χ4n) is 3.09. The van der Waals surface area contributed by atoms with Gasteiger partial charge in [-0.1, -0.05) is 18.2 Å². The molecule has 140 valence electrons. The van der Waals surface area contributed by atoms with Crippen LogP contribution >= 0.6 is 11.3 Å². The van der Waals surface area contributed by atoms with Crippen molar-refractivity contribution in [3.63, 3.8) is 0 Å². The molecule has 0 amide bonds. The van der Waals surface area contributed by atoms with E-state index in [0.29, 0.717) is 33.5 Å². The Hall–Kier alpha value is -3.25. The van der Waals surface area contributed by atoms with Gasteiger partial charge in [-0.3, -0.25) is 4.79 Å². The van der Waals surface area contributed by atoms with Crippen LogP contribution in [0, 0.1) is 13.8 Å². The predicted octanol–water partition coefficient (Wildman–Crippen LogP) is 5.21. The third-order valence-corrected chi connectivity index (χ3v) is 5.35. The summed E-state index contributed by atoms with van der Waals surface area (Å²) in [6.45, 7) is 3.53. The van der Waals surface area contributed by atoms with Crippen LogP contribution in [0.5, 0.6) is 0 Å². The van der Waals surface area contributed by atoms with Crippen molar-refractivity contribution in [2.75, 3.05) is 6.61 Å². The summed E-state index contributed by atoms with van der Waals surface area (Å²) in [6, 6.07) is 14.3. The Morgan fingerprint density at radius 1 is 1.07 bits per heavy atom. The number of esters is 1. The normalized spacial score (nSPS) is 10.9. The van der Waals surface area contributed by atoms with Gasteiger partial charge in [-0.15, -0.1) is 11.3 Å². The van der Waals surface area contributed by atoms with Crippen LogP contribution in [-0.4, -0.2) is 23.3 Å². The molecular formula is C22H17NO4S. The molecule has 0 aliphatic heterocycles.